The van der Waals surface area contributed by atoms with Crippen molar-refractivity contribution >= 4 is 5.91 Å². The van der Waals surface area contributed by atoms with Gasteiger partial charge in [0.2, 0.25) is 0 Å². The van der Waals surface area contributed by atoms with Gasteiger partial charge in [-0.2, -0.15) is 5.10 Å². The first kappa shape index (κ1) is 20.2. The number of aromatic nitrogens is 3. The number of pyridine rings is 1. The van der Waals surface area contributed by atoms with Gasteiger partial charge >= 0.3 is 0 Å². The van der Waals surface area contributed by atoms with E-state index in [-0.39, 0.29) is 5.91 Å². The highest BCUT2D eigenvalue weighted by molar-refractivity contribution is 5.93. The van der Waals surface area contributed by atoms with Gasteiger partial charge in [-0.05, 0) is 48.0 Å². The molecule has 0 fully saturated rings. The highest BCUT2D eigenvalue weighted by Gasteiger charge is 2.17. The van der Waals surface area contributed by atoms with Gasteiger partial charge in [0.05, 0.1) is 26.2 Å². The first-order chi connectivity index (χ1) is 15.1. The number of rotatable bonds is 7. The Bertz CT molecular complexity index is 1180. The Kier molecular flexibility index (Phi) is 5.70. The first-order valence-corrected chi connectivity index (χ1v) is 9.62. The van der Waals surface area contributed by atoms with Crippen LogP contribution in [0.15, 0.2) is 65.4 Å². The molecule has 1 N–H and O–H groups in total. The molecule has 3 heterocycles. The molecule has 1 aromatic carbocycles. The highest BCUT2D eigenvalue weighted by atomic mass is 16.5. The summed E-state index contributed by atoms with van der Waals surface area (Å²) in [5.41, 5.74) is 3.41. The van der Waals surface area contributed by atoms with Crippen LogP contribution in [0.1, 0.15) is 16.1 Å². The minimum absolute atomic E-state index is 0.238. The lowest BCUT2D eigenvalue weighted by molar-refractivity contribution is 0.0941. The maximum absolute atomic E-state index is 12.8. The highest BCUT2D eigenvalue weighted by Crippen LogP contribution is 2.32. The van der Waals surface area contributed by atoms with Crippen molar-refractivity contribution in [1.29, 1.82) is 0 Å². The van der Waals surface area contributed by atoms with Gasteiger partial charge in [-0.15, -0.1) is 0 Å². The zero-order valence-electron chi connectivity index (χ0n) is 17.5. The van der Waals surface area contributed by atoms with Crippen LogP contribution in [-0.4, -0.2) is 34.9 Å². The van der Waals surface area contributed by atoms with Crippen LogP contribution in [0.25, 0.3) is 22.7 Å². The van der Waals surface area contributed by atoms with Crippen molar-refractivity contribution in [3.63, 3.8) is 0 Å². The fraction of sp³-hybridized carbons (Fsp3) is 0.174. The van der Waals surface area contributed by atoms with Crippen LogP contribution in [0, 0.1) is 0 Å². The second-order valence-electron chi connectivity index (χ2n) is 6.82. The second-order valence-corrected chi connectivity index (χ2v) is 6.82. The number of furan rings is 1. The SMILES string of the molecule is COc1ccc(OC)c(-c2cc(C(=O)NCc3ccc(-c4ccco4)nc3)n(C)n2)c1. The number of hydrogen-bond acceptors (Lipinski definition) is 6. The molecule has 0 aliphatic carbocycles. The number of carbonyl (C=O) groups is 1. The van der Waals surface area contributed by atoms with Gasteiger partial charge in [-0.3, -0.25) is 14.5 Å². The number of amides is 1. The molecule has 3 aromatic heterocycles. The molecule has 1 amide bonds. The van der Waals surface area contributed by atoms with E-state index >= 15 is 0 Å². The number of methoxy groups -OCH3 is 2. The monoisotopic (exact) mass is 418 g/mol. The normalized spacial score (nSPS) is 10.7. The van der Waals surface area contributed by atoms with Gasteiger partial charge in [0.25, 0.3) is 5.91 Å². The molecule has 8 nitrogen and oxygen atoms in total. The summed E-state index contributed by atoms with van der Waals surface area (Å²) >= 11 is 0. The Hall–Kier alpha value is -4.07. The van der Waals surface area contributed by atoms with Crippen LogP contribution < -0.4 is 14.8 Å². The quantitative estimate of drug-likeness (QED) is 0.492. The van der Waals surface area contributed by atoms with E-state index in [1.165, 1.54) is 0 Å². The number of aryl methyl sites for hydroxylation is 1. The Balaban J connectivity index is 1.48. The smallest absolute Gasteiger partial charge is 0.269 e. The van der Waals surface area contributed by atoms with E-state index < -0.39 is 0 Å². The molecule has 8 heteroatoms. The molecule has 0 saturated carbocycles. The zero-order chi connectivity index (χ0) is 21.8. The van der Waals surface area contributed by atoms with Crippen molar-refractivity contribution in [2.75, 3.05) is 14.2 Å². The van der Waals surface area contributed by atoms with E-state index in [2.05, 4.69) is 15.4 Å². The van der Waals surface area contributed by atoms with Crippen LogP contribution in [0.3, 0.4) is 0 Å². The van der Waals surface area contributed by atoms with Crippen LogP contribution in [0.4, 0.5) is 0 Å². The number of nitrogens with one attached hydrogen (secondary N) is 1. The van der Waals surface area contributed by atoms with E-state index in [0.717, 1.165) is 16.8 Å². The van der Waals surface area contributed by atoms with E-state index in [1.54, 1.807) is 44.5 Å². The van der Waals surface area contributed by atoms with Crippen molar-refractivity contribution in [2.45, 2.75) is 6.54 Å². The first-order valence-electron chi connectivity index (χ1n) is 9.62. The Morgan fingerprint density at radius 1 is 1.10 bits per heavy atom. The Labute approximate surface area is 179 Å². The molecule has 0 spiro atoms. The molecule has 4 aromatic rings. The van der Waals surface area contributed by atoms with Crippen LogP contribution >= 0.6 is 0 Å². The fourth-order valence-electron chi connectivity index (χ4n) is 3.20. The number of ether oxygens (including phenoxy) is 2. The van der Waals surface area contributed by atoms with Gasteiger partial charge in [-0.25, -0.2) is 0 Å². The lowest BCUT2D eigenvalue weighted by Crippen LogP contribution is -2.25. The molecule has 158 valence electrons. The molecule has 0 bridgehead atoms. The molecule has 0 radical (unpaired) electrons. The lowest BCUT2D eigenvalue weighted by atomic mass is 10.1. The average molecular weight is 418 g/mol. The molecule has 0 saturated heterocycles. The summed E-state index contributed by atoms with van der Waals surface area (Å²) in [7, 11) is 4.91. The van der Waals surface area contributed by atoms with E-state index in [9.17, 15) is 4.79 Å². The molecule has 0 aliphatic rings. The van der Waals surface area contributed by atoms with Crippen molar-refractivity contribution in [2.24, 2.45) is 7.05 Å². The van der Waals surface area contributed by atoms with Crippen LogP contribution in [0.2, 0.25) is 0 Å². The second kappa shape index (κ2) is 8.74. The molecule has 0 unspecified atom stereocenters. The summed E-state index contributed by atoms with van der Waals surface area (Å²) in [6.07, 6.45) is 3.32. The van der Waals surface area contributed by atoms with Crippen molar-refractivity contribution < 1.29 is 18.7 Å². The molecule has 31 heavy (non-hydrogen) atoms. The standard InChI is InChI=1S/C23H22N4O4/c1-27-20(12-19(26-27)17-11-16(29-2)7-9-21(17)30-3)23(28)25-14-15-6-8-18(24-13-15)22-5-4-10-31-22/h4-13H,14H2,1-3H3,(H,25,28). The average Bonchev–Trinajstić information content (AvgIpc) is 3.47. The van der Waals surface area contributed by atoms with Crippen LogP contribution in [-0.2, 0) is 13.6 Å². The van der Waals surface area contributed by atoms with Gasteiger partial charge in [0, 0.05) is 25.4 Å². The van der Waals surface area contributed by atoms with Crippen molar-refractivity contribution in [3.05, 3.63) is 72.2 Å². The zero-order valence-corrected chi connectivity index (χ0v) is 17.5. The van der Waals surface area contributed by atoms with E-state index in [0.29, 0.717) is 35.2 Å². The summed E-state index contributed by atoms with van der Waals surface area (Å²) in [5, 5.41) is 7.39. The minimum atomic E-state index is -0.238. The van der Waals surface area contributed by atoms with E-state index in [1.807, 2.05) is 42.5 Å². The summed E-state index contributed by atoms with van der Waals surface area (Å²) in [4.78, 5) is 17.1. The van der Waals surface area contributed by atoms with Crippen molar-refractivity contribution in [3.8, 4) is 34.2 Å². The molecular weight excluding hydrogens is 396 g/mol. The minimum Gasteiger partial charge on any atom is -0.497 e. The van der Waals surface area contributed by atoms with Crippen molar-refractivity contribution in [1.82, 2.24) is 20.1 Å². The third-order valence-electron chi connectivity index (χ3n) is 4.85. The predicted molar refractivity (Wildman–Crippen MR) is 115 cm³/mol. The lowest BCUT2D eigenvalue weighted by Gasteiger charge is -2.08. The van der Waals surface area contributed by atoms with Gasteiger partial charge in [0.1, 0.15) is 22.9 Å². The summed E-state index contributed by atoms with van der Waals surface area (Å²) in [6, 6.07) is 14.6. The molecule has 0 atom stereocenters. The molecule has 0 aliphatic heterocycles. The van der Waals surface area contributed by atoms with Gasteiger partial charge in [0.15, 0.2) is 5.76 Å². The number of carbonyl (C=O) groups excluding carboxylic acids is 1. The summed E-state index contributed by atoms with van der Waals surface area (Å²) < 4.78 is 17.6. The summed E-state index contributed by atoms with van der Waals surface area (Å²) in [5.74, 6) is 1.79. The van der Waals surface area contributed by atoms with Crippen LogP contribution in [0.5, 0.6) is 11.5 Å². The molecular formula is C23H22N4O4. The maximum atomic E-state index is 12.8. The number of benzene rings is 1. The topological polar surface area (TPSA) is 91.4 Å². The summed E-state index contributed by atoms with van der Waals surface area (Å²) in [6.45, 7) is 0.341. The van der Waals surface area contributed by atoms with E-state index in [4.69, 9.17) is 13.9 Å². The largest absolute Gasteiger partial charge is 0.497 e. The molecule has 4 rings (SSSR count). The third-order valence-corrected chi connectivity index (χ3v) is 4.85. The van der Waals surface area contributed by atoms with Gasteiger partial charge in [-0.1, -0.05) is 6.07 Å². The predicted octanol–water partition coefficient (Wildman–Crippen LogP) is 3.69. The fourth-order valence-corrected chi connectivity index (χ4v) is 3.20. The Morgan fingerprint density at radius 2 is 1.97 bits per heavy atom. The Morgan fingerprint density at radius 3 is 2.65 bits per heavy atom. The number of hydrogen-bond donors (Lipinski definition) is 1. The number of nitrogens with zero attached hydrogens (tertiary/aromatic N) is 3. The third kappa shape index (κ3) is 4.28. The maximum Gasteiger partial charge on any atom is 0.269 e. The van der Waals surface area contributed by atoms with Gasteiger partial charge < -0.3 is 19.2 Å².